The van der Waals surface area contributed by atoms with Crippen molar-refractivity contribution in [3.05, 3.63) is 36.0 Å². The van der Waals surface area contributed by atoms with Gasteiger partial charge in [-0.05, 0) is 50.4 Å². The summed E-state index contributed by atoms with van der Waals surface area (Å²) in [6.07, 6.45) is 17.6. The van der Waals surface area contributed by atoms with E-state index in [-0.39, 0.29) is 11.5 Å². The smallest absolute Gasteiger partial charge is 0.0283 e. The van der Waals surface area contributed by atoms with Crippen molar-refractivity contribution in [1.29, 1.82) is 0 Å². The molecule has 0 bridgehead atoms. The van der Waals surface area contributed by atoms with Crippen molar-refractivity contribution in [2.75, 3.05) is 0 Å². The Bertz CT molecular complexity index is 605. The Labute approximate surface area is 152 Å². The molecule has 0 aromatic heterocycles. The van der Waals surface area contributed by atoms with Crippen molar-refractivity contribution < 1.29 is 0 Å². The molecule has 1 saturated heterocycles. The van der Waals surface area contributed by atoms with Crippen molar-refractivity contribution >= 4 is 11.8 Å². The molecule has 1 aliphatic heterocycles. The van der Waals surface area contributed by atoms with Gasteiger partial charge in [-0.15, -0.1) is 11.8 Å². The van der Waals surface area contributed by atoms with Gasteiger partial charge in [0.15, 0.2) is 0 Å². The van der Waals surface area contributed by atoms with Crippen molar-refractivity contribution in [2.45, 2.75) is 69.4 Å². The Morgan fingerprint density at radius 3 is 2.50 bits per heavy atom. The zero-order valence-electron chi connectivity index (χ0n) is 15.7. The van der Waals surface area contributed by atoms with E-state index in [2.05, 4.69) is 69.8 Å². The molecule has 1 heterocycles. The number of hydrogen-bond donors (Lipinski definition) is 1. The molecule has 8 atom stereocenters. The largest absolute Gasteiger partial charge is 0.327 e. The molecule has 0 saturated carbocycles. The average Bonchev–Trinajstić information content (AvgIpc) is 2.78. The summed E-state index contributed by atoms with van der Waals surface area (Å²) in [5.74, 6) is 2.68. The van der Waals surface area contributed by atoms with Gasteiger partial charge in [-0.3, -0.25) is 0 Å². The lowest BCUT2D eigenvalue weighted by atomic mass is 9.61. The minimum absolute atomic E-state index is 0.130. The van der Waals surface area contributed by atoms with E-state index in [4.69, 9.17) is 5.73 Å². The Kier molecular flexibility index (Phi) is 4.08. The maximum absolute atomic E-state index is 6.78. The fourth-order valence-corrected chi connectivity index (χ4v) is 7.72. The van der Waals surface area contributed by atoms with E-state index in [0.717, 1.165) is 12.3 Å². The van der Waals surface area contributed by atoms with Crippen molar-refractivity contribution in [3.8, 4) is 0 Å². The quantitative estimate of drug-likeness (QED) is 0.650. The van der Waals surface area contributed by atoms with Gasteiger partial charge < -0.3 is 5.73 Å². The van der Waals surface area contributed by atoms with Gasteiger partial charge in [0.1, 0.15) is 0 Å². The normalized spacial score (nSPS) is 53.5. The second kappa shape index (κ2) is 5.77. The van der Waals surface area contributed by atoms with Crippen LogP contribution < -0.4 is 5.73 Å². The zero-order valence-corrected chi connectivity index (χ0v) is 16.5. The predicted octanol–water partition coefficient (Wildman–Crippen LogP) is 5.34. The molecule has 3 aliphatic carbocycles. The Morgan fingerprint density at radius 1 is 1.04 bits per heavy atom. The van der Waals surface area contributed by atoms with Gasteiger partial charge in [0.2, 0.25) is 0 Å². The highest BCUT2D eigenvalue weighted by atomic mass is 32.2. The Hall–Kier alpha value is -0.470. The lowest BCUT2D eigenvalue weighted by Crippen LogP contribution is -2.48. The number of rotatable bonds is 1. The molecule has 24 heavy (non-hydrogen) atoms. The molecule has 1 nitrogen and oxygen atoms in total. The molecule has 4 aliphatic rings. The topological polar surface area (TPSA) is 26.0 Å². The molecule has 0 spiro atoms. The molecular formula is C22H33NS. The zero-order chi connectivity index (χ0) is 17.1. The van der Waals surface area contributed by atoms with Gasteiger partial charge in [0.25, 0.3) is 0 Å². The lowest BCUT2D eigenvalue weighted by molar-refractivity contribution is 0.199. The van der Waals surface area contributed by atoms with E-state index < -0.39 is 0 Å². The van der Waals surface area contributed by atoms with Crippen molar-refractivity contribution in [1.82, 2.24) is 0 Å². The van der Waals surface area contributed by atoms with Crippen LogP contribution in [0.2, 0.25) is 0 Å². The van der Waals surface area contributed by atoms with E-state index in [1.807, 2.05) is 0 Å². The van der Waals surface area contributed by atoms with Gasteiger partial charge in [-0.1, -0.05) is 56.7 Å². The van der Waals surface area contributed by atoms with E-state index >= 15 is 0 Å². The number of allylic oxidation sites excluding steroid dienone is 4. The first kappa shape index (κ1) is 17.0. The van der Waals surface area contributed by atoms with E-state index in [1.54, 1.807) is 5.57 Å². The molecule has 7 unspecified atom stereocenters. The SMILES string of the molecule is CC1C=CC(C2(C)C=C3C(CC2N)SC2(C)CC(C)C=C[C@@H]32)CC1. The number of nitrogens with two attached hydrogens (primary N) is 1. The van der Waals surface area contributed by atoms with Gasteiger partial charge >= 0.3 is 0 Å². The molecule has 0 aromatic rings. The van der Waals surface area contributed by atoms with Crippen LogP contribution in [0.5, 0.6) is 0 Å². The van der Waals surface area contributed by atoms with Crippen LogP contribution in [0, 0.1) is 29.1 Å². The number of hydrogen-bond acceptors (Lipinski definition) is 2. The minimum atomic E-state index is 0.130. The highest BCUT2D eigenvalue weighted by molar-refractivity contribution is 8.01. The summed E-state index contributed by atoms with van der Waals surface area (Å²) in [7, 11) is 0. The van der Waals surface area contributed by atoms with E-state index in [0.29, 0.717) is 27.8 Å². The molecule has 2 heteroatoms. The van der Waals surface area contributed by atoms with Crippen molar-refractivity contribution in [3.63, 3.8) is 0 Å². The Balaban J connectivity index is 1.70. The second-order valence-corrected chi connectivity index (χ2v) is 11.1. The third kappa shape index (κ3) is 2.56. The summed E-state index contributed by atoms with van der Waals surface area (Å²) in [6, 6.07) is 0.284. The first-order valence-electron chi connectivity index (χ1n) is 9.84. The first-order valence-corrected chi connectivity index (χ1v) is 10.7. The fourth-order valence-electron chi connectivity index (χ4n) is 5.69. The molecule has 0 amide bonds. The number of thioether (sulfide) groups is 1. The fraction of sp³-hybridized carbons (Fsp3) is 0.727. The van der Waals surface area contributed by atoms with Crippen LogP contribution in [0.3, 0.4) is 0 Å². The molecule has 1 fully saturated rings. The van der Waals surface area contributed by atoms with Crippen LogP contribution in [-0.4, -0.2) is 16.0 Å². The first-order chi connectivity index (χ1) is 11.3. The molecule has 4 rings (SSSR count). The summed E-state index contributed by atoms with van der Waals surface area (Å²) in [4.78, 5) is 0. The highest BCUT2D eigenvalue weighted by Crippen LogP contribution is 2.61. The van der Waals surface area contributed by atoms with Crippen LogP contribution in [0.1, 0.15) is 53.4 Å². The summed E-state index contributed by atoms with van der Waals surface area (Å²) < 4.78 is 0.382. The van der Waals surface area contributed by atoms with E-state index in [9.17, 15) is 0 Å². The summed E-state index contributed by atoms with van der Waals surface area (Å²) >= 11 is 2.22. The highest BCUT2D eigenvalue weighted by Gasteiger charge is 2.53. The van der Waals surface area contributed by atoms with Gasteiger partial charge in [-0.2, -0.15) is 0 Å². The maximum atomic E-state index is 6.78. The number of fused-ring (bicyclic) bond motifs is 3. The van der Waals surface area contributed by atoms with Crippen LogP contribution in [0.25, 0.3) is 0 Å². The third-order valence-electron chi connectivity index (χ3n) is 7.31. The third-order valence-corrected chi connectivity index (χ3v) is 9.02. The second-order valence-electron chi connectivity index (χ2n) is 9.36. The standard InChI is InChI=1S/C22H33NS/c1-14-5-8-16(9-6-14)21(3)13-17-18-10-7-15(2)12-22(18,4)24-19(17)11-20(21)23/h5,7-8,10,13-16,18-20H,6,9,11-12,23H2,1-4H3/t14?,15?,16?,18-,19?,20?,21?,22?/m0/s1. The van der Waals surface area contributed by atoms with Gasteiger partial charge in [0, 0.05) is 27.4 Å². The van der Waals surface area contributed by atoms with Gasteiger partial charge in [-0.25, -0.2) is 0 Å². The minimum Gasteiger partial charge on any atom is -0.327 e. The van der Waals surface area contributed by atoms with Crippen LogP contribution in [0.4, 0.5) is 0 Å². The molecule has 2 N–H and O–H groups in total. The summed E-state index contributed by atoms with van der Waals surface area (Å²) in [5.41, 5.74) is 8.61. The lowest BCUT2D eigenvalue weighted by Gasteiger charge is -2.45. The van der Waals surface area contributed by atoms with E-state index in [1.165, 1.54) is 19.3 Å². The summed E-state index contributed by atoms with van der Waals surface area (Å²) in [6.45, 7) is 9.62. The average molecular weight is 344 g/mol. The van der Waals surface area contributed by atoms with Crippen LogP contribution >= 0.6 is 11.8 Å². The summed E-state index contributed by atoms with van der Waals surface area (Å²) in [5, 5.41) is 0.643. The predicted molar refractivity (Wildman–Crippen MR) is 106 cm³/mol. The van der Waals surface area contributed by atoms with Crippen LogP contribution in [0.15, 0.2) is 36.0 Å². The maximum Gasteiger partial charge on any atom is 0.0283 e. The van der Waals surface area contributed by atoms with Crippen molar-refractivity contribution in [2.24, 2.45) is 34.8 Å². The van der Waals surface area contributed by atoms with Crippen LogP contribution in [-0.2, 0) is 0 Å². The monoisotopic (exact) mass is 343 g/mol. The molecule has 0 aromatic carbocycles. The Morgan fingerprint density at radius 2 is 1.79 bits per heavy atom. The molecule has 0 radical (unpaired) electrons. The molecular weight excluding hydrogens is 310 g/mol. The van der Waals surface area contributed by atoms with Gasteiger partial charge in [0.05, 0.1) is 0 Å². The molecule has 132 valence electrons.